The van der Waals surface area contributed by atoms with Crippen LogP contribution >= 0.6 is 0 Å². The number of piperidine rings is 1. The Morgan fingerprint density at radius 3 is 2.46 bits per heavy atom. The largest absolute Gasteiger partial charge is 0.325 e. The van der Waals surface area contributed by atoms with Gasteiger partial charge in [-0.2, -0.15) is 5.10 Å². The zero-order valence-electron chi connectivity index (χ0n) is 16.1. The lowest BCUT2D eigenvalue weighted by atomic mass is 10.0. The number of hydrogen-bond donors (Lipinski definition) is 0. The number of nitrogens with zero attached hydrogens (tertiary/aromatic N) is 6. The second-order valence-corrected chi connectivity index (χ2v) is 7.00. The average molecular weight is 362 g/mol. The molecule has 0 aliphatic carbocycles. The van der Waals surface area contributed by atoms with Crippen LogP contribution < -0.4 is 4.90 Å². The van der Waals surface area contributed by atoms with Gasteiger partial charge in [0.05, 0.1) is 17.9 Å². The molecule has 0 bridgehead atoms. The van der Waals surface area contributed by atoms with Gasteiger partial charge in [0.1, 0.15) is 0 Å². The van der Waals surface area contributed by atoms with Gasteiger partial charge in [0.25, 0.3) is 0 Å². The molecule has 0 saturated carbocycles. The number of carbonyl (C=O) groups is 2. The normalized spacial score (nSPS) is 22.0. The fourth-order valence-electron chi connectivity index (χ4n) is 3.92. The second-order valence-electron chi connectivity index (χ2n) is 7.00. The van der Waals surface area contributed by atoms with Crippen LogP contribution in [0.3, 0.4) is 0 Å². The summed E-state index contributed by atoms with van der Waals surface area (Å²) in [6.45, 7) is 9.11. The first-order valence-electron chi connectivity index (χ1n) is 9.63. The highest BCUT2D eigenvalue weighted by atomic mass is 16.2. The number of amides is 3. The minimum Gasteiger partial charge on any atom is -0.325 e. The Bertz CT molecular complexity index is 633. The maximum atomic E-state index is 13.0. The summed E-state index contributed by atoms with van der Waals surface area (Å²) < 4.78 is 1.73. The molecule has 1 aromatic heterocycles. The molecule has 0 aromatic carbocycles. The smallest absolute Gasteiger partial charge is 0.320 e. The van der Waals surface area contributed by atoms with Crippen LogP contribution in [0.15, 0.2) is 12.4 Å². The van der Waals surface area contributed by atoms with Gasteiger partial charge in [0, 0.05) is 59.1 Å². The molecule has 144 valence electrons. The number of piperazine rings is 1. The molecule has 26 heavy (non-hydrogen) atoms. The summed E-state index contributed by atoms with van der Waals surface area (Å²) >= 11 is 0. The first-order valence-corrected chi connectivity index (χ1v) is 9.63. The van der Waals surface area contributed by atoms with E-state index < -0.39 is 0 Å². The number of rotatable bonds is 4. The van der Waals surface area contributed by atoms with Gasteiger partial charge in [-0.05, 0) is 26.7 Å². The van der Waals surface area contributed by atoms with Crippen molar-refractivity contribution in [2.45, 2.75) is 32.7 Å². The van der Waals surface area contributed by atoms with E-state index in [1.54, 1.807) is 10.9 Å². The molecule has 1 atom stereocenters. The van der Waals surface area contributed by atoms with E-state index in [4.69, 9.17) is 0 Å². The van der Waals surface area contributed by atoms with Gasteiger partial charge in [0.2, 0.25) is 5.91 Å². The summed E-state index contributed by atoms with van der Waals surface area (Å²) in [5.74, 6) is 0.160. The molecule has 2 fully saturated rings. The Morgan fingerprint density at radius 2 is 1.88 bits per heavy atom. The Labute approximate surface area is 155 Å². The van der Waals surface area contributed by atoms with E-state index in [2.05, 4.69) is 10.00 Å². The van der Waals surface area contributed by atoms with Gasteiger partial charge >= 0.3 is 6.03 Å². The highest BCUT2D eigenvalue weighted by molar-refractivity contribution is 5.97. The summed E-state index contributed by atoms with van der Waals surface area (Å²) in [5.41, 5.74) is 0.873. The van der Waals surface area contributed by atoms with E-state index in [0.29, 0.717) is 13.1 Å². The third-order valence-electron chi connectivity index (χ3n) is 5.47. The molecule has 2 saturated heterocycles. The summed E-state index contributed by atoms with van der Waals surface area (Å²) in [6.07, 6.45) is 5.52. The Hall–Kier alpha value is -2.09. The quantitative estimate of drug-likeness (QED) is 0.801. The van der Waals surface area contributed by atoms with Crippen LogP contribution in [0, 0.1) is 0 Å². The van der Waals surface area contributed by atoms with E-state index in [-0.39, 0.29) is 18.0 Å². The lowest BCUT2D eigenvalue weighted by Crippen LogP contribution is -2.59. The summed E-state index contributed by atoms with van der Waals surface area (Å²) in [6, 6.07) is 0.0243. The van der Waals surface area contributed by atoms with Gasteiger partial charge in [-0.3, -0.25) is 14.4 Å². The molecule has 3 amide bonds. The number of hydrogen-bond acceptors (Lipinski definition) is 4. The predicted octanol–water partition coefficient (Wildman–Crippen LogP) is 0.995. The first kappa shape index (κ1) is 18.7. The SMILES string of the molecule is CCN(CC)C(=O)N1CCN(C2CCCN(c3cnn(C)c3)C2=O)CC1. The molecule has 2 aliphatic heterocycles. The molecule has 8 nitrogen and oxygen atoms in total. The van der Waals surface area contributed by atoms with Crippen molar-refractivity contribution in [1.82, 2.24) is 24.5 Å². The molecule has 3 heterocycles. The molecule has 8 heteroatoms. The van der Waals surface area contributed by atoms with E-state index in [1.165, 1.54) is 0 Å². The van der Waals surface area contributed by atoms with Crippen molar-refractivity contribution in [3.63, 3.8) is 0 Å². The van der Waals surface area contributed by atoms with Crippen molar-refractivity contribution in [3.8, 4) is 0 Å². The van der Waals surface area contributed by atoms with Crippen molar-refractivity contribution >= 4 is 17.6 Å². The molecule has 3 rings (SSSR count). The lowest BCUT2D eigenvalue weighted by Gasteiger charge is -2.43. The van der Waals surface area contributed by atoms with Crippen LogP contribution in [0.1, 0.15) is 26.7 Å². The number of aryl methyl sites for hydroxylation is 1. The number of anilines is 1. The Morgan fingerprint density at radius 1 is 1.19 bits per heavy atom. The molecule has 0 radical (unpaired) electrons. The van der Waals surface area contributed by atoms with E-state index in [1.807, 2.05) is 41.8 Å². The maximum Gasteiger partial charge on any atom is 0.320 e. The van der Waals surface area contributed by atoms with Crippen molar-refractivity contribution in [2.24, 2.45) is 7.05 Å². The minimum atomic E-state index is -0.0883. The van der Waals surface area contributed by atoms with Gasteiger partial charge in [-0.15, -0.1) is 0 Å². The van der Waals surface area contributed by atoms with E-state index >= 15 is 0 Å². The number of aromatic nitrogens is 2. The van der Waals surface area contributed by atoms with Gasteiger partial charge in [-0.25, -0.2) is 4.79 Å². The zero-order valence-corrected chi connectivity index (χ0v) is 16.1. The van der Waals surface area contributed by atoms with Crippen molar-refractivity contribution < 1.29 is 9.59 Å². The van der Waals surface area contributed by atoms with Crippen molar-refractivity contribution in [2.75, 3.05) is 50.7 Å². The van der Waals surface area contributed by atoms with Gasteiger partial charge < -0.3 is 14.7 Å². The molecule has 1 aromatic rings. The van der Waals surface area contributed by atoms with Crippen LogP contribution in [0.4, 0.5) is 10.5 Å². The predicted molar refractivity (Wildman–Crippen MR) is 100 cm³/mol. The highest BCUT2D eigenvalue weighted by Crippen LogP contribution is 2.24. The van der Waals surface area contributed by atoms with Crippen LogP contribution in [-0.2, 0) is 11.8 Å². The minimum absolute atomic E-state index is 0.0883. The van der Waals surface area contributed by atoms with Crippen LogP contribution in [-0.4, -0.2) is 88.3 Å². The van der Waals surface area contributed by atoms with Crippen molar-refractivity contribution in [1.29, 1.82) is 0 Å². The third kappa shape index (κ3) is 3.70. The second kappa shape index (κ2) is 8.07. The summed E-state index contributed by atoms with van der Waals surface area (Å²) in [5, 5.41) is 4.19. The molecule has 2 aliphatic rings. The molecule has 0 spiro atoms. The number of carbonyl (C=O) groups excluding carboxylic acids is 2. The molecular formula is C18H30N6O2. The van der Waals surface area contributed by atoms with Crippen LogP contribution in [0.25, 0.3) is 0 Å². The molecule has 1 unspecified atom stereocenters. The molecule has 0 N–H and O–H groups in total. The Kier molecular flexibility index (Phi) is 5.80. The van der Waals surface area contributed by atoms with Crippen molar-refractivity contribution in [3.05, 3.63) is 12.4 Å². The fraction of sp³-hybridized carbons (Fsp3) is 0.722. The van der Waals surface area contributed by atoms with E-state index in [0.717, 1.165) is 51.3 Å². The van der Waals surface area contributed by atoms with E-state index in [9.17, 15) is 9.59 Å². The van der Waals surface area contributed by atoms with Crippen LogP contribution in [0.2, 0.25) is 0 Å². The first-order chi connectivity index (χ1) is 12.5. The summed E-state index contributed by atoms with van der Waals surface area (Å²) in [7, 11) is 1.86. The highest BCUT2D eigenvalue weighted by Gasteiger charge is 2.36. The van der Waals surface area contributed by atoms with Crippen LogP contribution in [0.5, 0.6) is 0 Å². The average Bonchev–Trinajstić information content (AvgIpc) is 3.09. The zero-order chi connectivity index (χ0) is 18.7. The fourth-order valence-corrected chi connectivity index (χ4v) is 3.92. The van der Waals surface area contributed by atoms with Gasteiger partial charge in [0.15, 0.2) is 0 Å². The van der Waals surface area contributed by atoms with Gasteiger partial charge in [-0.1, -0.05) is 0 Å². The summed E-state index contributed by atoms with van der Waals surface area (Å²) in [4.78, 5) is 33.4. The monoisotopic (exact) mass is 362 g/mol. The third-order valence-corrected chi connectivity index (χ3v) is 5.47. The number of urea groups is 1. The Balaban J connectivity index is 1.60. The topological polar surface area (TPSA) is 64.9 Å². The lowest BCUT2D eigenvalue weighted by molar-refractivity contribution is -0.126. The molecular weight excluding hydrogens is 332 g/mol. The maximum absolute atomic E-state index is 13.0. The standard InChI is InChI=1S/C18H30N6O2/c1-4-21(5-2)18(26)23-11-9-22(10-12-23)16-7-6-8-24(17(16)25)15-13-19-20(3)14-15/h13-14,16H,4-12H2,1-3H3.